The Hall–Kier alpha value is -0.130. The normalized spacial score (nSPS) is 23.3. The molecular formula is C18H32ClIN6S. The van der Waals surface area contributed by atoms with E-state index in [2.05, 4.69) is 50.1 Å². The van der Waals surface area contributed by atoms with Crippen molar-refractivity contribution >= 4 is 52.9 Å². The van der Waals surface area contributed by atoms with E-state index in [4.69, 9.17) is 11.6 Å². The minimum atomic E-state index is 0. The molecule has 0 aromatic carbocycles. The lowest BCUT2D eigenvalue weighted by Gasteiger charge is -2.40. The summed E-state index contributed by atoms with van der Waals surface area (Å²) in [6.45, 7) is 9.48. The average Bonchev–Trinajstić information content (AvgIpc) is 3.04. The molecule has 1 aromatic heterocycles. The van der Waals surface area contributed by atoms with Gasteiger partial charge in [0.1, 0.15) is 0 Å². The van der Waals surface area contributed by atoms with Crippen LogP contribution in [-0.4, -0.2) is 105 Å². The van der Waals surface area contributed by atoms with Crippen molar-refractivity contribution in [1.82, 2.24) is 24.9 Å². The van der Waals surface area contributed by atoms with Crippen molar-refractivity contribution in [2.75, 3.05) is 73.5 Å². The second kappa shape index (κ2) is 11.2. The van der Waals surface area contributed by atoms with Crippen LogP contribution in [0.25, 0.3) is 0 Å². The second-order valence-electron chi connectivity index (χ2n) is 7.29. The third-order valence-electron chi connectivity index (χ3n) is 5.37. The van der Waals surface area contributed by atoms with Crippen molar-refractivity contribution in [3.63, 3.8) is 0 Å². The molecule has 3 heterocycles. The monoisotopic (exact) mass is 526 g/mol. The third kappa shape index (κ3) is 6.71. The number of piperazine rings is 2. The van der Waals surface area contributed by atoms with Gasteiger partial charge in [0.2, 0.25) is 0 Å². The van der Waals surface area contributed by atoms with Crippen LogP contribution in [0.3, 0.4) is 0 Å². The maximum atomic E-state index is 6.04. The van der Waals surface area contributed by atoms with Crippen LogP contribution in [0, 0.1) is 0 Å². The maximum absolute atomic E-state index is 6.04. The summed E-state index contributed by atoms with van der Waals surface area (Å²) in [4.78, 5) is 15.6. The van der Waals surface area contributed by atoms with Crippen molar-refractivity contribution in [2.24, 2.45) is 4.99 Å². The van der Waals surface area contributed by atoms with E-state index in [0.717, 1.165) is 69.2 Å². The van der Waals surface area contributed by atoms with E-state index in [9.17, 15) is 0 Å². The number of hydrogen-bond donors (Lipinski definition) is 1. The molecule has 0 amide bonds. The second-order valence-corrected chi connectivity index (χ2v) is 9.09. The summed E-state index contributed by atoms with van der Waals surface area (Å²) in [6.07, 6.45) is 0. The van der Waals surface area contributed by atoms with E-state index in [1.165, 1.54) is 4.88 Å². The zero-order valence-corrected chi connectivity index (χ0v) is 20.4. The summed E-state index contributed by atoms with van der Waals surface area (Å²) < 4.78 is 0.876. The Balaban J connectivity index is 0.00000261. The average molecular weight is 527 g/mol. The number of hydrogen-bond acceptors (Lipinski definition) is 5. The first-order valence-corrected chi connectivity index (χ1v) is 10.6. The number of aliphatic imine (C=N–C) groups is 1. The highest BCUT2D eigenvalue weighted by Gasteiger charge is 2.24. The summed E-state index contributed by atoms with van der Waals surface area (Å²) >= 11 is 7.72. The minimum Gasteiger partial charge on any atom is -0.355 e. The van der Waals surface area contributed by atoms with Gasteiger partial charge in [0.15, 0.2) is 5.96 Å². The van der Waals surface area contributed by atoms with Crippen LogP contribution in [-0.2, 0) is 6.54 Å². The number of likely N-dealkylation sites (N-methyl/N-ethyl adjacent to an activating group) is 2. The molecular weight excluding hydrogens is 495 g/mol. The summed E-state index contributed by atoms with van der Waals surface area (Å²) in [5, 5.41) is 3.60. The van der Waals surface area contributed by atoms with Crippen LogP contribution < -0.4 is 5.32 Å². The van der Waals surface area contributed by atoms with Crippen molar-refractivity contribution in [1.29, 1.82) is 0 Å². The van der Waals surface area contributed by atoms with Gasteiger partial charge < -0.3 is 15.1 Å². The predicted octanol–water partition coefficient (Wildman–Crippen LogP) is 1.96. The topological polar surface area (TPSA) is 37.4 Å². The molecule has 9 heteroatoms. The smallest absolute Gasteiger partial charge is 0.193 e. The van der Waals surface area contributed by atoms with E-state index in [1.807, 2.05) is 13.1 Å². The van der Waals surface area contributed by atoms with Crippen molar-refractivity contribution < 1.29 is 0 Å². The largest absolute Gasteiger partial charge is 0.355 e. The Morgan fingerprint density at radius 3 is 2.56 bits per heavy atom. The minimum absolute atomic E-state index is 0. The quantitative estimate of drug-likeness (QED) is 0.369. The Morgan fingerprint density at radius 2 is 1.93 bits per heavy atom. The first kappa shape index (κ1) is 23.2. The molecule has 6 nitrogen and oxygen atoms in total. The molecule has 1 atom stereocenters. The molecule has 0 saturated carbocycles. The van der Waals surface area contributed by atoms with Gasteiger partial charge >= 0.3 is 0 Å². The van der Waals surface area contributed by atoms with Gasteiger partial charge in [-0.25, -0.2) is 0 Å². The Labute approximate surface area is 189 Å². The van der Waals surface area contributed by atoms with Crippen LogP contribution in [0.4, 0.5) is 0 Å². The molecule has 1 unspecified atom stereocenters. The highest BCUT2D eigenvalue weighted by molar-refractivity contribution is 14.0. The lowest BCUT2D eigenvalue weighted by molar-refractivity contribution is 0.115. The maximum Gasteiger partial charge on any atom is 0.193 e. The molecule has 0 bridgehead atoms. The van der Waals surface area contributed by atoms with Crippen molar-refractivity contribution in [3.05, 3.63) is 21.3 Å². The molecule has 0 radical (unpaired) electrons. The van der Waals surface area contributed by atoms with Gasteiger partial charge in [-0.2, -0.15) is 0 Å². The van der Waals surface area contributed by atoms with E-state index < -0.39 is 0 Å². The van der Waals surface area contributed by atoms with Gasteiger partial charge in [-0.15, -0.1) is 35.3 Å². The molecule has 1 aromatic rings. The number of nitrogens with zero attached hydrogens (tertiary/aromatic N) is 5. The van der Waals surface area contributed by atoms with Gasteiger partial charge in [-0.05, 0) is 26.2 Å². The molecule has 2 fully saturated rings. The number of rotatable bonds is 4. The lowest BCUT2D eigenvalue weighted by Crippen LogP contribution is -2.57. The summed E-state index contributed by atoms with van der Waals surface area (Å²) in [7, 11) is 6.31. The molecule has 154 valence electrons. The van der Waals surface area contributed by atoms with Gasteiger partial charge in [-0.1, -0.05) is 11.6 Å². The van der Waals surface area contributed by atoms with Crippen LogP contribution in [0.2, 0.25) is 4.34 Å². The molecule has 3 rings (SSSR count). The number of halogens is 2. The fourth-order valence-electron chi connectivity index (χ4n) is 3.64. The van der Waals surface area contributed by atoms with Crippen LogP contribution >= 0.6 is 46.9 Å². The van der Waals surface area contributed by atoms with Gasteiger partial charge in [0.05, 0.1) is 4.34 Å². The Morgan fingerprint density at radius 1 is 1.19 bits per heavy atom. The van der Waals surface area contributed by atoms with Crippen molar-refractivity contribution in [2.45, 2.75) is 12.6 Å². The molecule has 2 aliphatic heterocycles. The molecule has 0 spiro atoms. The van der Waals surface area contributed by atoms with E-state index >= 15 is 0 Å². The first-order valence-electron chi connectivity index (χ1n) is 9.36. The molecule has 2 aliphatic rings. The Bertz CT molecular complexity index is 604. The first-order chi connectivity index (χ1) is 12.5. The molecule has 2 saturated heterocycles. The number of thiophene rings is 1. The molecule has 0 aliphatic carbocycles. The lowest BCUT2D eigenvalue weighted by atomic mass is 10.2. The predicted molar refractivity (Wildman–Crippen MR) is 127 cm³/mol. The Kier molecular flexibility index (Phi) is 9.57. The zero-order valence-electron chi connectivity index (χ0n) is 16.5. The highest BCUT2D eigenvalue weighted by Crippen LogP contribution is 2.23. The van der Waals surface area contributed by atoms with Gasteiger partial charge in [-0.3, -0.25) is 14.8 Å². The molecule has 27 heavy (non-hydrogen) atoms. The standard InChI is InChI=1S/C18H31ClN6S.HI/c1-20-18(21-12-15-13-22(2)6-7-23(15)3)25-10-8-24(9-11-25)14-16-4-5-17(19)26-16;/h4-5,15H,6-14H2,1-3H3,(H,20,21);1H. The third-order valence-corrected chi connectivity index (χ3v) is 6.58. The van der Waals surface area contributed by atoms with E-state index in [0.29, 0.717) is 6.04 Å². The van der Waals surface area contributed by atoms with E-state index in [1.54, 1.807) is 11.3 Å². The number of guanidine groups is 1. The fourth-order valence-corrected chi connectivity index (χ4v) is 4.77. The summed E-state index contributed by atoms with van der Waals surface area (Å²) in [6, 6.07) is 4.66. The summed E-state index contributed by atoms with van der Waals surface area (Å²) in [5.41, 5.74) is 0. The fraction of sp³-hybridized carbons (Fsp3) is 0.722. The summed E-state index contributed by atoms with van der Waals surface area (Å²) in [5.74, 6) is 1.03. The number of nitrogens with one attached hydrogen (secondary N) is 1. The van der Waals surface area contributed by atoms with Crippen LogP contribution in [0.1, 0.15) is 4.88 Å². The zero-order chi connectivity index (χ0) is 18.5. The molecule has 1 N–H and O–H groups in total. The van der Waals surface area contributed by atoms with Crippen LogP contribution in [0.15, 0.2) is 17.1 Å². The van der Waals surface area contributed by atoms with Gasteiger partial charge in [0, 0.05) is 76.9 Å². The van der Waals surface area contributed by atoms with Gasteiger partial charge in [0.25, 0.3) is 0 Å². The SMILES string of the molecule is CN=C(NCC1CN(C)CCN1C)N1CCN(Cc2ccc(Cl)s2)CC1.I. The van der Waals surface area contributed by atoms with Crippen molar-refractivity contribution in [3.8, 4) is 0 Å². The highest BCUT2D eigenvalue weighted by atomic mass is 127. The van der Waals surface area contributed by atoms with Crippen LogP contribution in [0.5, 0.6) is 0 Å². The van der Waals surface area contributed by atoms with E-state index in [-0.39, 0.29) is 24.0 Å².